The van der Waals surface area contributed by atoms with Gasteiger partial charge in [-0.15, -0.1) is 5.10 Å². The maximum absolute atomic E-state index is 13.2. The molecule has 112 valence electrons. The van der Waals surface area contributed by atoms with Crippen LogP contribution in [0.25, 0.3) is 5.69 Å². The Labute approximate surface area is 126 Å². The number of hydrogen-bond donors (Lipinski definition) is 1. The molecule has 2 aromatic carbocycles. The van der Waals surface area contributed by atoms with Crippen molar-refractivity contribution in [2.75, 3.05) is 5.32 Å². The molecule has 22 heavy (non-hydrogen) atoms. The molecule has 0 amide bonds. The summed E-state index contributed by atoms with van der Waals surface area (Å²) < 4.78 is 27.8. The molecule has 6 heteroatoms. The van der Waals surface area contributed by atoms with Crippen LogP contribution >= 0.6 is 0 Å². The van der Waals surface area contributed by atoms with Crippen LogP contribution in [0.5, 0.6) is 0 Å². The second kappa shape index (κ2) is 5.93. The molecule has 0 aliphatic carbocycles. The lowest BCUT2D eigenvalue weighted by Crippen LogP contribution is -2.07. The van der Waals surface area contributed by atoms with Gasteiger partial charge in [0.15, 0.2) is 11.6 Å². The predicted molar refractivity (Wildman–Crippen MR) is 79.8 cm³/mol. The molecular weight excluding hydrogens is 286 g/mol. The summed E-state index contributed by atoms with van der Waals surface area (Å²) >= 11 is 0. The molecule has 0 saturated heterocycles. The summed E-state index contributed by atoms with van der Waals surface area (Å²) in [5, 5.41) is 11.3. The molecule has 0 spiro atoms. The molecule has 0 saturated carbocycles. The normalized spacial score (nSPS) is 12.1. The first-order chi connectivity index (χ1) is 10.6. The van der Waals surface area contributed by atoms with Crippen LogP contribution in [-0.4, -0.2) is 15.0 Å². The summed E-state index contributed by atoms with van der Waals surface area (Å²) in [6.07, 6.45) is 1.80. The van der Waals surface area contributed by atoms with Crippen LogP contribution in [0.2, 0.25) is 0 Å². The molecule has 0 unspecified atom stereocenters. The maximum Gasteiger partial charge on any atom is 0.160 e. The first-order valence-electron chi connectivity index (χ1n) is 6.83. The SMILES string of the molecule is C[C@H](Nc1ccc(F)c(F)c1)c1cn(-c2ccccc2)nn1. The summed E-state index contributed by atoms with van der Waals surface area (Å²) in [6.45, 7) is 1.88. The van der Waals surface area contributed by atoms with Crippen LogP contribution in [0.15, 0.2) is 54.7 Å². The Morgan fingerprint density at radius 2 is 1.82 bits per heavy atom. The van der Waals surface area contributed by atoms with E-state index in [1.807, 2.05) is 37.3 Å². The number of hydrogen-bond acceptors (Lipinski definition) is 3. The Morgan fingerprint density at radius 1 is 1.05 bits per heavy atom. The number of benzene rings is 2. The zero-order valence-corrected chi connectivity index (χ0v) is 11.9. The predicted octanol–water partition coefficient (Wildman–Crippen LogP) is 3.72. The van der Waals surface area contributed by atoms with Crippen molar-refractivity contribution in [3.05, 3.63) is 72.1 Å². The molecule has 1 heterocycles. The molecule has 1 aromatic heterocycles. The third-order valence-electron chi connectivity index (χ3n) is 3.28. The number of rotatable bonds is 4. The van der Waals surface area contributed by atoms with E-state index < -0.39 is 11.6 Å². The molecule has 3 aromatic rings. The first-order valence-corrected chi connectivity index (χ1v) is 6.83. The van der Waals surface area contributed by atoms with Crippen molar-refractivity contribution in [2.45, 2.75) is 13.0 Å². The van der Waals surface area contributed by atoms with Gasteiger partial charge in [0.1, 0.15) is 5.69 Å². The van der Waals surface area contributed by atoms with Crippen molar-refractivity contribution in [2.24, 2.45) is 0 Å². The van der Waals surface area contributed by atoms with Gasteiger partial charge < -0.3 is 5.32 Å². The molecule has 0 aliphatic rings. The van der Waals surface area contributed by atoms with Crippen LogP contribution in [-0.2, 0) is 0 Å². The van der Waals surface area contributed by atoms with Gasteiger partial charge in [-0.25, -0.2) is 13.5 Å². The number of anilines is 1. The molecular formula is C16H14F2N4. The Balaban J connectivity index is 1.77. The van der Waals surface area contributed by atoms with E-state index in [1.165, 1.54) is 6.07 Å². The van der Waals surface area contributed by atoms with Crippen LogP contribution in [0, 0.1) is 11.6 Å². The molecule has 0 aliphatic heterocycles. The third-order valence-corrected chi connectivity index (χ3v) is 3.28. The zero-order chi connectivity index (χ0) is 15.5. The summed E-state index contributed by atoms with van der Waals surface area (Å²) in [5.41, 5.74) is 2.09. The van der Waals surface area contributed by atoms with E-state index in [2.05, 4.69) is 15.6 Å². The molecule has 0 radical (unpaired) electrons. The summed E-state index contributed by atoms with van der Waals surface area (Å²) in [4.78, 5) is 0. The minimum absolute atomic E-state index is 0.192. The molecule has 4 nitrogen and oxygen atoms in total. The van der Waals surface area contributed by atoms with Crippen LogP contribution in [0.4, 0.5) is 14.5 Å². The zero-order valence-electron chi connectivity index (χ0n) is 11.9. The lowest BCUT2D eigenvalue weighted by molar-refractivity contribution is 0.509. The van der Waals surface area contributed by atoms with Crippen molar-refractivity contribution in [3.63, 3.8) is 0 Å². The topological polar surface area (TPSA) is 42.7 Å². The minimum atomic E-state index is -0.884. The molecule has 0 fully saturated rings. The largest absolute Gasteiger partial charge is 0.377 e. The van der Waals surface area contributed by atoms with Gasteiger partial charge in [0.05, 0.1) is 17.9 Å². The van der Waals surface area contributed by atoms with Crippen LogP contribution in [0.1, 0.15) is 18.7 Å². The van der Waals surface area contributed by atoms with Gasteiger partial charge in [-0.3, -0.25) is 0 Å². The second-order valence-corrected chi connectivity index (χ2v) is 4.92. The number of nitrogens with zero attached hydrogens (tertiary/aromatic N) is 3. The lowest BCUT2D eigenvalue weighted by Gasteiger charge is -2.12. The van der Waals surface area contributed by atoms with Gasteiger partial charge >= 0.3 is 0 Å². The summed E-state index contributed by atoms with van der Waals surface area (Å²) in [5.74, 6) is -1.75. The van der Waals surface area contributed by atoms with Gasteiger partial charge in [0, 0.05) is 11.8 Å². The van der Waals surface area contributed by atoms with Crippen LogP contribution < -0.4 is 5.32 Å². The number of halogens is 2. The monoisotopic (exact) mass is 300 g/mol. The fraction of sp³-hybridized carbons (Fsp3) is 0.125. The Kier molecular flexibility index (Phi) is 3.82. The maximum atomic E-state index is 13.2. The fourth-order valence-electron chi connectivity index (χ4n) is 2.09. The van der Waals surface area contributed by atoms with E-state index in [4.69, 9.17) is 0 Å². The van der Waals surface area contributed by atoms with Gasteiger partial charge in [0.2, 0.25) is 0 Å². The number of nitrogens with one attached hydrogen (secondary N) is 1. The van der Waals surface area contributed by atoms with Crippen LogP contribution in [0.3, 0.4) is 0 Å². The van der Waals surface area contributed by atoms with E-state index in [-0.39, 0.29) is 6.04 Å². The van der Waals surface area contributed by atoms with Crippen molar-refractivity contribution in [3.8, 4) is 5.69 Å². The lowest BCUT2D eigenvalue weighted by atomic mass is 10.2. The second-order valence-electron chi connectivity index (χ2n) is 4.92. The third kappa shape index (κ3) is 2.95. The standard InChI is InChI=1S/C16H14F2N4/c1-11(19-12-7-8-14(17)15(18)9-12)16-10-22(21-20-16)13-5-3-2-4-6-13/h2-11,19H,1H3/t11-/m0/s1. The minimum Gasteiger partial charge on any atom is -0.377 e. The van der Waals surface area contributed by atoms with Gasteiger partial charge in [-0.05, 0) is 31.2 Å². The smallest absolute Gasteiger partial charge is 0.160 e. The Morgan fingerprint density at radius 3 is 2.55 bits per heavy atom. The van der Waals surface area contributed by atoms with E-state index in [0.29, 0.717) is 11.4 Å². The van der Waals surface area contributed by atoms with Gasteiger partial charge in [-0.2, -0.15) is 0 Å². The Hall–Kier alpha value is -2.76. The highest BCUT2D eigenvalue weighted by Crippen LogP contribution is 2.20. The van der Waals surface area contributed by atoms with Crippen molar-refractivity contribution >= 4 is 5.69 Å². The van der Waals surface area contributed by atoms with E-state index in [1.54, 1.807) is 10.9 Å². The Bertz CT molecular complexity index is 771. The number of para-hydroxylation sites is 1. The van der Waals surface area contributed by atoms with Crippen molar-refractivity contribution < 1.29 is 8.78 Å². The van der Waals surface area contributed by atoms with E-state index >= 15 is 0 Å². The highest BCUT2D eigenvalue weighted by Gasteiger charge is 2.12. The quantitative estimate of drug-likeness (QED) is 0.798. The fourth-order valence-corrected chi connectivity index (χ4v) is 2.09. The average Bonchev–Trinajstić information content (AvgIpc) is 3.02. The summed E-state index contributed by atoms with van der Waals surface area (Å²) in [6, 6.07) is 13.1. The van der Waals surface area contributed by atoms with Crippen molar-refractivity contribution in [1.29, 1.82) is 0 Å². The van der Waals surface area contributed by atoms with Crippen molar-refractivity contribution in [1.82, 2.24) is 15.0 Å². The number of aromatic nitrogens is 3. The molecule has 0 bridgehead atoms. The van der Waals surface area contributed by atoms with Gasteiger partial charge in [-0.1, -0.05) is 23.4 Å². The average molecular weight is 300 g/mol. The van der Waals surface area contributed by atoms with E-state index in [0.717, 1.165) is 17.8 Å². The highest BCUT2D eigenvalue weighted by atomic mass is 19.2. The van der Waals surface area contributed by atoms with E-state index in [9.17, 15) is 8.78 Å². The molecule has 1 N–H and O–H groups in total. The molecule has 3 rings (SSSR count). The molecule has 1 atom stereocenters. The highest BCUT2D eigenvalue weighted by molar-refractivity contribution is 5.45. The summed E-state index contributed by atoms with van der Waals surface area (Å²) in [7, 11) is 0. The van der Waals surface area contributed by atoms with Gasteiger partial charge in [0.25, 0.3) is 0 Å². The first kappa shape index (κ1) is 14.2.